The molecule has 1 rings (SSSR count). The van der Waals surface area contributed by atoms with Crippen LogP contribution in [0.25, 0.3) is 0 Å². The molecule has 0 aromatic heterocycles. The molecule has 0 unspecified atom stereocenters. The van der Waals surface area contributed by atoms with Gasteiger partial charge in [-0.3, -0.25) is 0 Å². The average molecular weight is 269 g/mol. The van der Waals surface area contributed by atoms with Gasteiger partial charge >= 0.3 is 0 Å². The molecule has 18 heavy (non-hydrogen) atoms. The molecule has 0 atom stereocenters. The Labute approximate surface area is 111 Å². The number of hydrogen-bond acceptors (Lipinski definition) is 2. The van der Waals surface area contributed by atoms with Crippen LogP contribution in [0.15, 0.2) is 17.0 Å². The van der Waals surface area contributed by atoms with Gasteiger partial charge in [-0.05, 0) is 42.0 Å². The van der Waals surface area contributed by atoms with Crippen LogP contribution in [0.2, 0.25) is 0 Å². The van der Waals surface area contributed by atoms with Gasteiger partial charge in [0.15, 0.2) is 0 Å². The summed E-state index contributed by atoms with van der Waals surface area (Å²) in [6, 6.07) is 3.86. The summed E-state index contributed by atoms with van der Waals surface area (Å²) >= 11 is 0. The van der Waals surface area contributed by atoms with Gasteiger partial charge in [-0.1, -0.05) is 33.8 Å². The average Bonchev–Trinajstić information content (AvgIpc) is 2.19. The second-order valence-corrected chi connectivity index (χ2v) is 7.40. The molecule has 0 radical (unpaired) electrons. The van der Waals surface area contributed by atoms with E-state index in [2.05, 4.69) is 31.6 Å². The molecule has 1 N–H and O–H groups in total. The molecular weight excluding hydrogens is 246 g/mol. The van der Waals surface area contributed by atoms with E-state index in [4.69, 9.17) is 0 Å². The van der Waals surface area contributed by atoms with Gasteiger partial charge in [0, 0.05) is 6.54 Å². The fourth-order valence-electron chi connectivity index (χ4n) is 1.81. The lowest BCUT2D eigenvalue weighted by atomic mass is 9.85. The van der Waals surface area contributed by atoms with Gasteiger partial charge < -0.3 is 0 Å². The highest BCUT2D eigenvalue weighted by Crippen LogP contribution is 2.28. The SMILES string of the molecule is CCNS(=O)(=O)c1cc(C(C)(C)C)cc(C)c1C. The van der Waals surface area contributed by atoms with E-state index < -0.39 is 10.0 Å². The van der Waals surface area contributed by atoms with Crippen molar-refractivity contribution in [1.29, 1.82) is 0 Å². The van der Waals surface area contributed by atoms with Crippen LogP contribution in [0.1, 0.15) is 44.4 Å². The van der Waals surface area contributed by atoms with Crippen LogP contribution in [0, 0.1) is 13.8 Å². The predicted molar refractivity (Wildman–Crippen MR) is 75.5 cm³/mol. The molecule has 0 spiro atoms. The fraction of sp³-hybridized carbons (Fsp3) is 0.571. The summed E-state index contributed by atoms with van der Waals surface area (Å²) in [5, 5.41) is 0. The van der Waals surface area contributed by atoms with Crippen molar-refractivity contribution in [1.82, 2.24) is 4.72 Å². The van der Waals surface area contributed by atoms with Crippen LogP contribution in [-0.2, 0) is 15.4 Å². The monoisotopic (exact) mass is 269 g/mol. The predicted octanol–water partition coefficient (Wildman–Crippen LogP) is 2.90. The number of nitrogens with one attached hydrogen (secondary N) is 1. The maximum atomic E-state index is 12.2. The van der Waals surface area contributed by atoms with Gasteiger partial charge in [-0.25, -0.2) is 13.1 Å². The molecule has 1 aromatic rings. The van der Waals surface area contributed by atoms with Crippen molar-refractivity contribution >= 4 is 10.0 Å². The lowest BCUT2D eigenvalue weighted by Crippen LogP contribution is -2.25. The number of rotatable bonds is 3. The van der Waals surface area contributed by atoms with Crippen molar-refractivity contribution in [3.05, 3.63) is 28.8 Å². The number of sulfonamides is 1. The molecule has 3 nitrogen and oxygen atoms in total. The first-order valence-corrected chi connectivity index (χ1v) is 7.69. The molecular formula is C14H23NO2S. The zero-order valence-corrected chi connectivity index (χ0v) is 12.9. The van der Waals surface area contributed by atoms with E-state index >= 15 is 0 Å². The van der Waals surface area contributed by atoms with Crippen molar-refractivity contribution in [2.24, 2.45) is 0 Å². The van der Waals surface area contributed by atoms with Gasteiger partial charge in [-0.2, -0.15) is 0 Å². The molecule has 0 bridgehead atoms. The van der Waals surface area contributed by atoms with Crippen LogP contribution in [0.4, 0.5) is 0 Å². The van der Waals surface area contributed by atoms with Gasteiger partial charge in [-0.15, -0.1) is 0 Å². The summed E-state index contributed by atoms with van der Waals surface area (Å²) in [5.41, 5.74) is 2.82. The molecule has 0 amide bonds. The first kappa shape index (κ1) is 15.2. The van der Waals surface area contributed by atoms with Crippen molar-refractivity contribution in [2.45, 2.75) is 51.9 Å². The maximum Gasteiger partial charge on any atom is 0.240 e. The molecule has 0 heterocycles. The standard InChI is InChI=1S/C14H23NO2S/c1-7-15-18(16,17)13-9-12(14(4,5)6)8-10(2)11(13)3/h8-9,15H,7H2,1-6H3. The lowest BCUT2D eigenvalue weighted by Gasteiger charge is -2.22. The van der Waals surface area contributed by atoms with Crippen LogP contribution >= 0.6 is 0 Å². The lowest BCUT2D eigenvalue weighted by molar-refractivity contribution is 0.576. The largest absolute Gasteiger partial charge is 0.240 e. The molecule has 4 heteroatoms. The van der Waals surface area contributed by atoms with Crippen molar-refractivity contribution in [3.63, 3.8) is 0 Å². The topological polar surface area (TPSA) is 46.2 Å². The summed E-state index contributed by atoms with van der Waals surface area (Å²) in [6.45, 7) is 12.2. The van der Waals surface area contributed by atoms with Crippen molar-refractivity contribution in [3.8, 4) is 0 Å². The molecule has 0 saturated carbocycles. The summed E-state index contributed by atoms with van der Waals surface area (Å²) in [4.78, 5) is 0.397. The van der Waals surface area contributed by atoms with Gasteiger partial charge in [0.1, 0.15) is 0 Å². The molecule has 0 aliphatic carbocycles. The zero-order chi connectivity index (χ0) is 14.1. The Morgan fingerprint density at radius 2 is 1.72 bits per heavy atom. The Morgan fingerprint density at radius 3 is 2.17 bits per heavy atom. The third-order valence-electron chi connectivity index (χ3n) is 3.11. The zero-order valence-electron chi connectivity index (χ0n) is 12.1. The van der Waals surface area contributed by atoms with Crippen LogP contribution in [-0.4, -0.2) is 15.0 Å². The van der Waals surface area contributed by atoms with Gasteiger partial charge in [0.2, 0.25) is 10.0 Å². The highest BCUT2D eigenvalue weighted by Gasteiger charge is 2.22. The van der Waals surface area contributed by atoms with Crippen molar-refractivity contribution in [2.75, 3.05) is 6.54 Å². The van der Waals surface area contributed by atoms with Crippen LogP contribution in [0.5, 0.6) is 0 Å². The molecule has 1 aromatic carbocycles. The normalized spacial score (nSPS) is 12.8. The second-order valence-electron chi connectivity index (χ2n) is 5.67. The number of aryl methyl sites for hydroxylation is 1. The molecule has 0 fully saturated rings. The van der Waals surface area contributed by atoms with E-state index in [-0.39, 0.29) is 5.41 Å². The Kier molecular flexibility index (Phi) is 4.23. The molecule has 0 aliphatic heterocycles. The summed E-state index contributed by atoms with van der Waals surface area (Å²) in [6.07, 6.45) is 0. The Hall–Kier alpha value is -0.870. The molecule has 0 aliphatic rings. The van der Waals surface area contributed by atoms with Crippen molar-refractivity contribution < 1.29 is 8.42 Å². The maximum absolute atomic E-state index is 12.2. The highest BCUT2D eigenvalue weighted by molar-refractivity contribution is 7.89. The Balaban J connectivity index is 3.50. The van der Waals surface area contributed by atoms with Crippen LogP contribution < -0.4 is 4.72 Å². The van der Waals surface area contributed by atoms with E-state index in [9.17, 15) is 8.42 Å². The second kappa shape index (κ2) is 5.02. The first-order valence-electron chi connectivity index (χ1n) is 6.21. The Bertz CT molecular complexity index is 540. The van der Waals surface area contributed by atoms with E-state index in [0.717, 1.165) is 16.7 Å². The third kappa shape index (κ3) is 3.12. The highest BCUT2D eigenvalue weighted by atomic mass is 32.2. The number of benzene rings is 1. The molecule has 102 valence electrons. The van der Waals surface area contributed by atoms with Gasteiger partial charge in [0.25, 0.3) is 0 Å². The molecule has 0 saturated heterocycles. The van der Waals surface area contributed by atoms with E-state index in [1.807, 2.05) is 13.8 Å². The minimum Gasteiger partial charge on any atom is -0.211 e. The summed E-state index contributed by atoms with van der Waals surface area (Å²) in [7, 11) is -3.40. The minimum absolute atomic E-state index is 0.0606. The quantitative estimate of drug-likeness (QED) is 0.917. The third-order valence-corrected chi connectivity index (χ3v) is 4.78. The number of hydrogen-bond donors (Lipinski definition) is 1. The minimum atomic E-state index is -3.40. The summed E-state index contributed by atoms with van der Waals surface area (Å²) in [5.74, 6) is 0. The first-order chi connectivity index (χ1) is 8.09. The smallest absolute Gasteiger partial charge is 0.211 e. The van der Waals surface area contributed by atoms with E-state index in [1.165, 1.54) is 0 Å². The Morgan fingerprint density at radius 1 is 1.17 bits per heavy atom. The fourth-order valence-corrected chi connectivity index (χ4v) is 3.19. The van der Waals surface area contributed by atoms with E-state index in [0.29, 0.717) is 11.4 Å². The van der Waals surface area contributed by atoms with Gasteiger partial charge in [0.05, 0.1) is 4.90 Å². The van der Waals surface area contributed by atoms with Crippen LogP contribution in [0.3, 0.4) is 0 Å². The van der Waals surface area contributed by atoms with E-state index in [1.54, 1.807) is 13.0 Å². The summed E-state index contributed by atoms with van der Waals surface area (Å²) < 4.78 is 26.9.